The van der Waals surface area contributed by atoms with Crippen molar-refractivity contribution >= 4 is 28.8 Å². The van der Waals surface area contributed by atoms with Gasteiger partial charge < -0.3 is 14.8 Å². The molecule has 1 aliphatic heterocycles. The lowest BCUT2D eigenvalue weighted by molar-refractivity contribution is -0.127. The molecule has 2 N–H and O–H groups in total. The summed E-state index contributed by atoms with van der Waals surface area (Å²) in [5.41, 5.74) is 2.16. The van der Waals surface area contributed by atoms with Crippen molar-refractivity contribution in [2.45, 2.75) is 92.9 Å². The number of benzene rings is 2. The molecule has 1 aliphatic rings. The average Bonchev–Trinajstić information content (AvgIpc) is 3.57. The molecule has 1 fully saturated rings. The summed E-state index contributed by atoms with van der Waals surface area (Å²) in [5.74, 6) is -0.611. The first-order valence-electron chi connectivity index (χ1n) is 15.4. The summed E-state index contributed by atoms with van der Waals surface area (Å²) < 4.78 is 28.6. The molecule has 1 saturated heterocycles. The standard InChI is InChI=1S/C35H44F2N6O2/c1-22(35(5,6)7)39-20-23-13-14-29-28(16-23)40-33(41-31(44)25-11-8-10-24(17-25)30(36)37)43(29)21-27-12-9-15-42(27)32(45)26(19-38)18-34(2,3)4/h8,10-11,13-14,16-18,22,27,30,39H,9,12,15,20-21H2,1-7H3,(H,40,41,44)/b26-18+/t22-,27+/m0/s1. The lowest BCUT2D eigenvalue weighted by atomic mass is 9.88. The number of nitrogens with zero attached hydrogens (tertiary/aromatic N) is 4. The number of carbonyl (C=O) groups excluding carboxylic acids is 2. The average molecular weight is 619 g/mol. The quantitative estimate of drug-likeness (QED) is 0.194. The number of rotatable bonds is 9. The molecule has 10 heteroatoms. The number of amides is 2. The van der Waals surface area contributed by atoms with Crippen LogP contribution in [0.3, 0.4) is 0 Å². The number of alkyl halides is 2. The van der Waals surface area contributed by atoms with Gasteiger partial charge in [0.1, 0.15) is 11.6 Å². The van der Waals surface area contributed by atoms with E-state index in [1.807, 2.05) is 43.5 Å². The maximum absolute atomic E-state index is 13.5. The maximum atomic E-state index is 13.5. The number of likely N-dealkylation sites (tertiary alicyclic amines) is 1. The molecule has 1 aromatic heterocycles. The first-order chi connectivity index (χ1) is 21.1. The minimum atomic E-state index is -2.70. The molecule has 0 radical (unpaired) electrons. The Kier molecular flexibility index (Phi) is 10.1. The van der Waals surface area contributed by atoms with Crippen LogP contribution in [0.15, 0.2) is 54.1 Å². The highest BCUT2D eigenvalue weighted by Crippen LogP contribution is 2.29. The number of anilines is 1. The molecular formula is C35H44F2N6O2. The van der Waals surface area contributed by atoms with Gasteiger partial charge in [0.15, 0.2) is 0 Å². The summed E-state index contributed by atoms with van der Waals surface area (Å²) in [6.45, 7) is 16.0. The zero-order chi connectivity index (χ0) is 33.1. The van der Waals surface area contributed by atoms with Gasteiger partial charge in [-0.25, -0.2) is 13.8 Å². The van der Waals surface area contributed by atoms with E-state index in [1.54, 1.807) is 11.0 Å². The first-order valence-corrected chi connectivity index (χ1v) is 15.4. The fourth-order valence-corrected chi connectivity index (χ4v) is 5.37. The van der Waals surface area contributed by atoms with Gasteiger partial charge in [-0.15, -0.1) is 0 Å². The molecule has 4 rings (SSSR count). The molecule has 0 saturated carbocycles. The predicted octanol–water partition coefficient (Wildman–Crippen LogP) is 7.24. The summed E-state index contributed by atoms with van der Waals surface area (Å²) in [6, 6.07) is 13.4. The predicted molar refractivity (Wildman–Crippen MR) is 173 cm³/mol. The first kappa shape index (κ1) is 33.8. The van der Waals surface area contributed by atoms with Gasteiger partial charge in [-0.3, -0.25) is 14.9 Å². The monoisotopic (exact) mass is 618 g/mol. The van der Waals surface area contributed by atoms with Gasteiger partial charge in [0.2, 0.25) is 5.95 Å². The summed E-state index contributed by atoms with van der Waals surface area (Å²) >= 11 is 0. The zero-order valence-corrected chi connectivity index (χ0v) is 27.2. The SMILES string of the molecule is C[C@H](NCc1ccc2c(c1)nc(NC(=O)c1cccc(C(F)F)c1)n2C[C@H]1CCCN1C(=O)/C(C#N)=C/C(C)(C)C)C(C)(C)C. The van der Waals surface area contributed by atoms with Crippen molar-refractivity contribution in [2.75, 3.05) is 11.9 Å². The van der Waals surface area contributed by atoms with E-state index < -0.39 is 12.3 Å². The molecule has 240 valence electrons. The Labute approximate surface area is 264 Å². The smallest absolute Gasteiger partial charge is 0.264 e. The van der Waals surface area contributed by atoms with Gasteiger partial charge >= 0.3 is 0 Å². The van der Waals surface area contributed by atoms with E-state index in [4.69, 9.17) is 4.98 Å². The van der Waals surface area contributed by atoms with Crippen LogP contribution in [0.4, 0.5) is 14.7 Å². The molecular weight excluding hydrogens is 574 g/mol. The van der Waals surface area contributed by atoms with E-state index in [0.717, 1.165) is 23.9 Å². The van der Waals surface area contributed by atoms with Crippen LogP contribution in [-0.4, -0.2) is 44.9 Å². The number of nitrogens with one attached hydrogen (secondary N) is 2. The van der Waals surface area contributed by atoms with Gasteiger partial charge in [0, 0.05) is 36.8 Å². The molecule has 0 unspecified atom stereocenters. The highest BCUT2D eigenvalue weighted by atomic mass is 19.3. The van der Waals surface area contributed by atoms with E-state index >= 15 is 0 Å². The summed E-state index contributed by atoms with van der Waals surface area (Å²) in [5, 5.41) is 16.2. The van der Waals surface area contributed by atoms with E-state index in [-0.39, 0.29) is 51.5 Å². The Morgan fingerprint density at radius 1 is 1.13 bits per heavy atom. The topological polar surface area (TPSA) is 103 Å². The molecule has 8 nitrogen and oxygen atoms in total. The van der Waals surface area contributed by atoms with E-state index in [2.05, 4.69) is 44.4 Å². The third kappa shape index (κ3) is 8.34. The Morgan fingerprint density at radius 2 is 1.87 bits per heavy atom. The molecule has 2 atom stereocenters. The number of imidazole rings is 1. The highest BCUT2D eigenvalue weighted by molar-refractivity contribution is 6.04. The van der Waals surface area contributed by atoms with Crippen molar-refractivity contribution < 1.29 is 18.4 Å². The fourth-order valence-electron chi connectivity index (χ4n) is 5.37. The van der Waals surface area contributed by atoms with E-state index in [1.165, 1.54) is 24.3 Å². The third-order valence-electron chi connectivity index (χ3n) is 8.31. The molecule has 2 heterocycles. The van der Waals surface area contributed by atoms with E-state index in [9.17, 15) is 23.6 Å². The molecule has 0 spiro atoms. The fraction of sp³-hybridized carbons (Fsp3) is 0.486. The van der Waals surface area contributed by atoms with Crippen LogP contribution in [-0.2, 0) is 17.9 Å². The molecule has 2 aromatic carbocycles. The van der Waals surface area contributed by atoms with Crippen molar-refractivity contribution in [1.82, 2.24) is 19.8 Å². The van der Waals surface area contributed by atoms with Crippen LogP contribution < -0.4 is 10.6 Å². The lowest BCUT2D eigenvalue weighted by Gasteiger charge is -2.28. The summed E-state index contributed by atoms with van der Waals surface area (Å²) in [6.07, 6.45) is 0.496. The number of fused-ring (bicyclic) bond motifs is 1. The Bertz CT molecular complexity index is 1620. The molecule has 45 heavy (non-hydrogen) atoms. The third-order valence-corrected chi connectivity index (χ3v) is 8.31. The minimum Gasteiger partial charge on any atom is -0.333 e. The number of allylic oxidation sites excluding steroid dienone is 1. The lowest BCUT2D eigenvalue weighted by Crippen LogP contribution is -2.39. The Morgan fingerprint density at radius 3 is 2.51 bits per heavy atom. The van der Waals surface area contributed by atoms with Gasteiger partial charge in [-0.2, -0.15) is 5.26 Å². The minimum absolute atomic E-state index is 0.0861. The number of hydrogen-bond acceptors (Lipinski definition) is 5. The van der Waals surface area contributed by atoms with Crippen molar-refractivity contribution in [3.8, 4) is 6.07 Å². The largest absolute Gasteiger partial charge is 0.333 e. The second-order valence-electron chi connectivity index (χ2n) is 14.0. The second kappa shape index (κ2) is 13.5. The van der Waals surface area contributed by atoms with Crippen LogP contribution >= 0.6 is 0 Å². The van der Waals surface area contributed by atoms with Gasteiger partial charge in [0.25, 0.3) is 18.2 Å². The summed E-state index contributed by atoms with van der Waals surface area (Å²) in [7, 11) is 0. The number of hydrogen-bond donors (Lipinski definition) is 2. The number of carbonyl (C=O) groups is 2. The van der Waals surface area contributed by atoms with Gasteiger partial charge in [0.05, 0.1) is 17.1 Å². The molecule has 0 aliphatic carbocycles. The number of nitriles is 1. The van der Waals surface area contributed by atoms with Crippen molar-refractivity contribution in [1.29, 1.82) is 5.26 Å². The Hall–Kier alpha value is -4.10. The molecule has 0 bridgehead atoms. The van der Waals surface area contributed by atoms with Crippen LogP contribution in [0.2, 0.25) is 0 Å². The summed E-state index contributed by atoms with van der Waals surface area (Å²) in [4.78, 5) is 33.3. The Balaban J connectivity index is 1.69. The van der Waals surface area contributed by atoms with Gasteiger partial charge in [-0.1, -0.05) is 65.8 Å². The van der Waals surface area contributed by atoms with Crippen molar-refractivity contribution in [3.63, 3.8) is 0 Å². The van der Waals surface area contributed by atoms with Crippen LogP contribution in [0.25, 0.3) is 11.0 Å². The number of halogens is 2. The maximum Gasteiger partial charge on any atom is 0.264 e. The van der Waals surface area contributed by atoms with Crippen molar-refractivity contribution in [2.24, 2.45) is 10.8 Å². The van der Waals surface area contributed by atoms with Crippen LogP contribution in [0, 0.1) is 22.2 Å². The molecule has 3 aromatic rings. The van der Waals surface area contributed by atoms with Crippen molar-refractivity contribution in [3.05, 3.63) is 70.8 Å². The molecule has 2 amide bonds. The zero-order valence-electron chi connectivity index (χ0n) is 27.2. The van der Waals surface area contributed by atoms with E-state index in [0.29, 0.717) is 25.2 Å². The number of aromatic nitrogens is 2. The van der Waals surface area contributed by atoms with Gasteiger partial charge in [-0.05, 0) is 60.4 Å². The highest BCUT2D eigenvalue weighted by Gasteiger charge is 2.33. The normalized spacial score (nSPS) is 16.7. The van der Waals surface area contributed by atoms with Crippen LogP contribution in [0.1, 0.15) is 89.2 Å². The van der Waals surface area contributed by atoms with Crippen LogP contribution in [0.5, 0.6) is 0 Å². The second-order valence-corrected chi connectivity index (χ2v) is 14.0.